The predicted molar refractivity (Wildman–Crippen MR) is 71.7 cm³/mol. The van der Waals surface area contributed by atoms with E-state index in [2.05, 4.69) is 25.7 Å². The van der Waals surface area contributed by atoms with Gasteiger partial charge in [0.1, 0.15) is 5.82 Å². The molecule has 0 bridgehead atoms. The molecule has 0 saturated heterocycles. The first-order valence-corrected chi connectivity index (χ1v) is 6.30. The van der Waals surface area contributed by atoms with E-state index in [4.69, 9.17) is 5.73 Å². The van der Waals surface area contributed by atoms with Gasteiger partial charge in [-0.05, 0) is 43.5 Å². The van der Waals surface area contributed by atoms with Crippen LogP contribution in [-0.4, -0.2) is 19.1 Å². The molecule has 2 nitrogen and oxygen atoms in total. The Morgan fingerprint density at radius 3 is 2.24 bits per heavy atom. The molecule has 2 N–H and O–H groups in total. The minimum atomic E-state index is -0.196. The molecule has 0 saturated carbocycles. The summed E-state index contributed by atoms with van der Waals surface area (Å²) in [4.78, 5) is 2.25. The molecule has 1 atom stereocenters. The standard InChI is InChI=1S/C14H23FN2/c1-4-17(14(10-16)9-11(2)3)13-7-5-12(15)6-8-13/h5-8,11,14H,4,9-10,16H2,1-3H3. The van der Waals surface area contributed by atoms with Crippen molar-refractivity contribution in [2.24, 2.45) is 11.7 Å². The zero-order valence-corrected chi connectivity index (χ0v) is 11.0. The molecule has 1 aromatic carbocycles. The molecular formula is C14H23FN2. The van der Waals surface area contributed by atoms with E-state index in [0.29, 0.717) is 18.5 Å². The van der Waals surface area contributed by atoms with Crippen LogP contribution in [-0.2, 0) is 0 Å². The van der Waals surface area contributed by atoms with Gasteiger partial charge in [-0.1, -0.05) is 13.8 Å². The van der Waals surface area contributed by atoms with E-state index >= 15 is 0 Å². The Morgan fingerprint density at radius 2 is 1.82 bits per heavy atom. The molecule has 0 radical (unpaired) electrons. The summed E-state index contributed by atoms with van der Waals surface area (Å²) in [6.45, 7) is 8.01. The normalized spacial score (nSPS) is 12.8. The minimum Gasteiger partial charge on any atom is -0.368 e. The lowest BCUT2D eigenvalue weighted by molar-refractivity contribution is 0.473. The molecule has 0 spiro atoms. The maximum absolute atomic E-state index is 12.9. The van der Waals surface area contributed by atoms with Crippen LogP contribution in [0.4, 0.5) is 10.1 Å². The van der Waals surface area contributed by atoms with Gasteiger partial charge in [0.05, 0.1) is 0 Å². The van der Waals surface area contributed by atoms with Gasteiger partial charge < -0.3 is 10.6 Å². The Hall–Kier alpha value is -1.09. The first-order chi connectivity index (χ1) is 8.08. The highest BCUT2D eigenvalue weighted by molar-refractivity contribution is 5.47. The first-order valence-electron chi connectivity index (χ1n) is 6.30. The van der Waals surface area contributed by atoms with Crippen molar-refractivity contribution in [1.82, 2.24) is 0 Å². The highest BCUT2D eigenvalue weighted by atomic mass is 19.1. The SMILES string of the molecule is CCN(c1ccc(F)cc1)C(CN)CC(C)C. The molecule has 0 aliphatic carbocycles. The van der Waals surface area contributed by atoms with Crippen LogP contribution in [0.3, 0.4) is 0 Å². The minimum absolute atomic E-state index is 0.196. The summed E-state index contributed by atoms with van der Waals surface area (Å²) in [5.41, 5.74) is 6.90. The fourth-order valence-corrected chi connectivity index (χ4v) is 2.18. The van der Waals surface area contributed by atoms with E-state index in [9.17, 15) is 4.39 Å². The molecule has 0 aliphatic heterocycles. The number of nitrogens with two attached hydrogens (primary N) is 1. The van der Waals surface area contributed by atoms with Gasteiger partial charge >= 0.3 is 0 Å². The van der Waals surface area contributed by atoms with Crippen molar-refractivity contribution in [2.75, 3.05) is 18.0 Å². The molecule has 1 aromatic rings. The molecule has 3 heteroatoms. The third-order valence-electron chi connectivity index (χ3n) is 2.96. The van der Waals surface area contributed by atoms with E-state index < -0.39 is 0 Å². The summed E-state index contributed by atoms with van der Waals surface area (Å²) in [5, 5.41) is 0. The Labute approximate surface area is 104 Å². The van der Waals surface area contributed by atoms with Crippen molar-refractivity contribution >= 4 is 5.69 Å². The summed E-state index contributed by atoms with van der Waals surface area (Å²) >= 11 is 0. The molecule has 1 unspecified atom stereocenters. The van der Waals surface area contributed by atoms with Gasteiger partial charge in [0.2, 0.25) is 0 Å². The molecule has 17 heavy (non-hydrogen) atoms. The van der Waals surface area contributed by atoms with Crippen LogP contribution >= 0.6 is 0 Å². The monoisotopic (exact) mass is 238 g/mol. The maximum atomic E-state index is 12.9. The van der Waals surface area contributed by atoms with Gasteiger partial charge in [-0.2, -0.15) is 0 Å². The number of benzene rings is 1. The summed E-state index contributed by atoms with van der Waals surface area (Å²) in [6.07, 6.45) is 1.06. The highest BCUT2D eigenvalue weighted by Crippen LogP contribution is 2.20. The molecule has 0 aromatic heterocycles. The number of halogens is 1. The van der Waals surface area contributed by atoms with Crippen LogP contribution in [0, 0.1) is 11.7 Å². The lowest BCUT2D eigenvalue weighted by Crippen LogP contribution is -2.41. The number of anilines is 1. The number of hydrogen-bond acceptors (Lipinski definition) is 2. The lowest BCUT2D eigenvalue weighted by Gasteiger charge is -2.33. The van der Waals surface area contributed by atoms with Gasteiger partial charge in [0.25, 0.3) is 0 Å². The number of nitrogens with zero attached hydrogens (tertiary/aromatic N) is 1. The second-order valence-corrected chi connectivity index (χ2v) is 4.78. The third kappa shape index (κ3) is 4.00. The molecule has 0 aliphatic rings. The van der Waals surface area contributed by atoms with E-state index in [1.807, 2.05) is 12.1 Å². The average Bonchev–Trinajstić information content (AvgIpc) is 2.30. The number of rotatable bonds is 6. The van der Waals surface area contributed by atoms with Gasteiger partial charge in [0, 0.05) is 24.8 Å². The Bertz CT molecular complexity index is 321. The van der Waals surface area contributed by atoms with E-state index in [-0.39, 0.29) is 5.82 Å². The van der Waals surface area contributed by atoms with E-state index in [0.717, 1.165) is 18.7 Å². The van der Waals surface area contributed by atoms with Crippen LogP contribution in [0.1, 0.15) is 27.2 Å². The average molecular weight is 238 g/mol. The van der Waals surface area contributed by atoms with Gasteiger partial charge in [-0.15, -0.1) is 0 Å². The maximum Gasteiger partial charge on any atom is 0.123 e. The predicted octanol–water partition coefficient (Wildman–Crippen LogP) is 3.03. The van der Waals surface area contributed by atoms with Crippen LogP contribution in [0.2, 0.25) is 0 Å². The van der Waals surface area contributed by atoms with E-state index in [1.165, 1.54) is 12.1 Å². The summed E-state index contributed by atoms with van der Waals surface area (Å²) < 4.78 is 12.9. The Morgan fingerprint density at radius 1 is 1.24 bits per heavy atom. The molecule has 0 fully saturated rings. The summed E-state index contributed by atoms with van der Waals surface area (Å²) in [7, 11) is 0. The highest BCUT2D eigenvalue weighted by Gasteiger charge is 2.17. The smallest absolute Gasteiger partial charge is 0.123 e. The number of hydrogen-bond donors (Lipinski definition) is 1. The number of likely N-dealkylation sites (N-methyl/N-ethyl adjacent to an activating group) is 1. The van der Waals surface area contributed by atoms with Gasteiger partial charge in [-0.25, -0.2) is 4.39 Å². The molecule has 96 valence electrons. The van der Waals surface area contributed by atoms with Crippen LogP contribution in [0.25, 0.3) is 0 Å². The quantitative estimate of drug-likeness (QED) is 0.825. The second-order valence-electron chi connectivity index (χ2n) is 4.78. The fraction of sp³-hybridized carbons (Fsp3) is 0.571. The Kier molecular flexibility index (Phi) is 5.42. The van der Waals surface area contributed by atoms with Crippen molar-refractivity contribution in [3.63, 3.8) is 0 Å². The molecule has 0 heterocycles. The fourth-order valence-electron chi connectivity index (χ4n) is 2.18. The lowest BCUT2D eigenvalue weighted by atomic mass is 10.0. The zero-order chi connectivity index (χ0) is 12.8. The first kappa shape index (κ1) is 14.0. The zero-order valence-electron chi connectivity index (χ0n) is 11.0. The van der Waals surface area contributed by atoms with Crippen molar-refractivity contribution in [2.45, 2.75) is 33.2 Å². The molecule has 1 rings (SSSR count). The summed E-state index contributed by atoms with van der Waals surface area (Å²) in [6, 6.07) is 6.97. The van der Waals surface area contributed by atoms with Crippen LogP contribution < -0.4 is 10.6 Å². The van der Waals surface area contributed by atoms with Crippen molar-refractivity contribution in [1.29, 1.82) is 0 Å². The topological polar surface area (TPSA) is 29.3 Å². The van der Waals surface area contributed by atoms with Crippen molar-refractivity contribution in [3.05, 3.63) is 30.1 Å². The Balaban J connectivity index is 2.84. The molecular weight excluding hydrogens is 215 g/mol. The largest absolute Gasteiger partial charge is 0.368 e. The van der Waals surface area contributed by atoms with Crippen LogP contribution in [0.5, 0.6) is 0 Å². The van der Waals surface area contributed by atoms with Crippen molar-refractivity contribution in [3.8, 4) is 0 Å². The van der Waals surface area contributed by atoms with Gasteiger partial charge in [0.15, 0.2) is 0 Å². The van der Waals surface area contributed by atoms with Gasteiger partial charge in [-0.3, -0.25) is 0 Å². The summed E-state index contributed by atoms with van der Waals surface area (Å²) in [5.74, 6) is 0.413. The van der Waals surface area contributed by atoms with Crippen LogP contribution in [0.15, 0.2) is 24.3 Å². The molecule has 0 amide bonds. The van der Waals surface area contributed by atoms with E-state index in [1.54, 1.807) is 0 Å². The third-order valence-corrected chi connectivity index (χ3v) is 2.96. The van der Waals surface area contributed by atoms with Crippen molar-refractivity contribution < 1.29 is 4.39 Å². The second kappa shape index (κ2) is 6.60.